The molecule has 0 amide bonds. The predicted molar refractivity (Wildman–Crippen MR) is 98.1 cm³/mol. The maximum atomic E-state index is 6.12. The molecule has 1 aliphatic rings. The van der Waals surface area contributed by atoms with E-state index in [0.29, 0.717) is 18.2 Å². The smallest absolute Gasteiger partial charge is 0.199 e. The number of fused-ring (bicyclic) bond motifs is 1. The second-order valence-corrected chi connectivity index (χ2v) is 7.07. The summed E-state index contributed by atoms with van der Waals surface area (Å²) < 4.78 is 10.4. The summed E-state index contributed by atoms with van der Waals surface area (Å²) in [5.74, 6) is 1.96. The molecule has 0 fully saturated rings. The van der Waals surface area contributed by atoms with Crippen molar-refractivity contribution >= 4 is 23.8 Å². The van der Waals surface area contributed by atoms with E-state index >= 15 is 0 Å². The highest BCUT2D eigenvalue weighted by Gasteiger charge is 2.15. The lowest BCUT2D eigenvalue weighted by Crippen LogP contribution is -2.23. The van der Waals surface area contributed by atoms with Crippen molar-refractivity contribution in [2.45, 2.75) is 45.4 Å². The minimum absolute atomic E-state index is 0.647. The summed E-state index contributed by atoms with van der Waals surface area (Å²) in [7, 11) is 3.72. The van der Waals surface area contributed by atoms with Crippen LogP contribution < -0.4 is 4.74 Å². The third kappa shape index (κ3) is 3.82. The average molecular weight is 367 g/mol. The Kier molecular flexibility index (Phi) is 5.58. The Labute approximate surface area is 152 Å². The van der Waals surface area contributed by atoms with Gasteiger partial charge in [-0.05, 0) is 50.3 Å². The van der Waals surface area contributed by atoms with Gasteiger partial charge >= 0.3 is 0 Å². The molecule has 0 N–H and O–H groups in total. The fraction of sp³-hybridized carbons (Fsp3) is 0.529. The molecule has 1 aliphatic heterocycles. The molecule has 130 valence electrons. The Balaban J connectivity index is 1.75. The molecular formula is C17H23ClN4OS. The van der Waals surface area contributed by atoms with Gasteiger partial charge in [0.2, 0.25) is 0 Å². The maximum absolute atomic E-state index is 6.12. The van der Waals surface area contributed by atoms with Gasteiger partial charge in [-0.15, -0.1) is 0 Å². The standard InChI is InChI=1S/C17H23ClN4OS/c1-20(11-13-10-14(18)7-8-15(13)23-2)12-22-17(24)21-9-5-3-4-6-16(21)19-22/h7-8,10H,3-6,9,11-12H2,1-2H3. The van der Waals surface area contributed by atoms with Crippen LogP contribution in [0.3, 0.4) is 0 Å². The first kappa shape index (κ1) is 17.5. The summed E-state index contributed by atoms with van der Waals surface area (Å²) in [6.45, 7) is 2.35. The number of nitrogens with zero attached hydrogens (tertiary/aromatic N) is 4. The Morgan fingerprint density at radius 3 is 2.96 bits per heavy atom. The number of methoxy groups -OCH3 is 1. The molecule has 7 heteroatoms. The lowest BCUT2D eigenvalue weighted by molar-refractivity contribution is 0.239. The van der Waals surface area contributed by atoms with Crippen molar-refractivity contribution in [2.75, 3.05) is 14.2 Å². The van der Waals surface area contributed by atoms with E-state index in [1.54, 1.807) is 7.11 Å². The van der Waals surface area contributed by atoms with Gasteiger partial charge in [-0.2, -0.15) is 5.10 Å². The zero-order chi connectivity index (χ0) is 17.1. The molecule has 1 aromatic heterocycles. The van der Waals surface area contributed by atoms with Crippen molar-refractivity contribution in [3.05, 3.63) is 39.4 Å². The van der Waals surface area contributed by atoms with Gasteiger partial charge in [0.25, 0.3) is 0 Å². The van der Waals surface area contributed by atoms with Gasteiger partial charge in [-0.25, -0.2) is 4.68 Å². The van der Waals surface area contributed by atoms with E-state index in [1.807, 2.05) is 29.9 Å². The van der Waals surface area contributed by atoms with E-state index in [4.69, 9.17) is 33.7 Å². The van der Waals surface area contributed by atoms with E-state index in [1.165, 1.54) is 19.3 Å². The van der Waals surface area contributed by atoms with Crippen LogP contribution in [0.25, 0.3) is 0 Å². The second-order valence-electron chi connectivity index (χ2n) is 6.27. The summed E-state index contributed by atoms with van der Waals surface area (Å²) in [5.41, 5.74) is 1.06. The monoisotopic (exact) mass is 366 g/mol. The van der Waals surface area contributed by atoms with Crippen molar-refractivity contribution < 1.29 is 4.74 Å². The minimum atomic E-state index is 0.647. The van der Waals surface area contributed by atoms with Gasteiger partial charge in [0.15, 0.2) is 4.77 Å². The van der Waals surface area contributed by atoms with Crippen LogP contribution in [0.15, 0.2) is 18.2 Å². The molecule has 5 nitrogen and oxygen atoms in total. The summed E-state index contributed by atoms with van der Waals surface area (Å²) >= 11 is 11.7. The number of ether oxygens (including phenoxy) is 1. The first-order chi connectivity index (χ1) is 11.6. The third-order valence-electron chi connectivity index (χ3n) is 4.34. The number of hydrogen-bond acceptors (Lipinski definition) is 4. The number of aromatic nitrogens is 3. The fourth-order valence-electron chi connectivity index (χ4n) is 3.16. The molecule has 2 aromatic rings. The maximum Gasteiger partial charge on any atom is 0.199 e. The van der Waals surface area contributed by atoms with Crippen LogP contribution in [0.5, 0.6) is 5.75 Å². The van der Waals surface area contributed by atoms with Crippen molar-refractivity contribution in [1.29, 1.82) is 0 Å². The van der Waals surface area contributed by atoms with Crippen LogP contribution in [-0.2, 0) is 26.2 Å². The molecule has 3 rings (SSSR count). The fourth-order valence-corrected chi connectivity index (χ4v) is 3.65. The average Bonchev–Trinajstić information content (AvgIpc) is 2.73. The molecule has 2 heterocycles. The lowest BCUT2D eigenvalue weighted by Gasteiger charge is -2.18. The van der Waals surface area contributed by atoms with E-state index in [0.717, 1.165) is 34.9 Å². The SMILES string of the molecule is COc1ccc(Cl)cc1CN(C)Cn1nc2n(c1=S)CCCCC2. The zero-order valence-corrected chi connectivity index (χ0v) is 15.7. The number of benzene rings is 1. The van der Waals surface area contributed by atoms with Gasteiger partial charge in [-0.3, -0.25) is 4.90 Å². The highest BCUT2D eigenvalue weighted by Crippen LogP contribution is 2.24. The molecule has 0 radical (unpaired) electrons. The Hall–Kier alpha value is -1.37. The Morgan fingerprint density at radius 2 is 2.17 bits per heavy atom. The molecular weight excluding hydrogens is 344 g/mol. The normalized spacial score (nSPS) is 14.5. The number of hydrogen-bond donors (Lipinski definition) is 0. The largest absolute Gasteiger partial charge is 0.496 e. The molecule has 0 spiro atoms. The Bertz CT molecular complexity index is 770. The van der Waals surface area contributed by atoms with Gasteiger partial charge in [0.05, 0.1) is 13.8 Å². The van der Waals surface area contributed by atoms with Gasteiger partial charge in [0.1, 0.15) is 11.6 Å². The van der Waals surface area contributed by atoms with Gasteiger partial charge < -0.3 is 9.30 Å². The van der Waals surface area contributed by atoms with Gasteiger partial charge in [-0.1, -0.05) is 18.0 Å². The van der Waals surface area contributed by atoms with Crippen LogP contribution in [0.2, 0.25) is 5.02 Å². The quantitative estimate of drug-likeness (QED) is 0.752. The lowest BCUT2D eigenvalue weighted by atomic mass is 10.2. The molecule has 0 aliphatic carbocycles. The third-order valence-corrected chi connectivity index (χ3v) is 5.01. The van der Waals surface area contributed by atoms with E-state index in [2.05, 4.69) is 9.47 Å². The predicted octanol–water partition coefficient (Wildman–Crippen LogP) is 3.89. The zero-order valence-electron chi connectivity index (χ0n) is 14.2. The van der Waals surface area contributed by atoms with Crippen LogP contribution in [0.1, 0.15) is 30.7 Å². The molecule has 24 heavy (non-hydrogen) atoms. The van der Waals surface area contributed by atoms with E-state index < -0.39 is 0 Å². The molecule has 0 unspecified atom stereocenters. The highest BCUT2D eigenvalue weighted by atomic mass is 35.5. The van der Waals surface area contributed by atoms with Crippen molar-refractivity contribution in [1.82, 2.24) is 19.2 Å². The summed E-state index contributed by atoms with van der Waals surface area (Å²) in [4.78, 5) is 2.16. The summed E-state index contributed by atoms with van der Waals surface area (Å²) in [5, 5.41) is 5.44. The molecule has 0 bridgehead atoms. The van der Waals surface area contributed by atoms with Crippen molar-refractivity contribution in [3.63, 3.8) is 0 Å². The Morgan fingerprint density at radius 1 is 1.33 bits per heavy atom. The summed E-state index contributed by atoms with van der Waals surface area (Å²) in [6.07, 6.45) is 4.65. The molecule has 0 saturated carbocycles. The van der Waals surface area contributed by atoms with Crippen LogP contribution >= 0.6 is 23.8 Å². The minimum Gasteiger partial charge on any atom is -0.496 e. The number of halogens is 1. The first-order valence-electron chi connectivity index (χ1n) is 8.26. The van der Waals surface area contributed by atoms with Crippen molar-refractivity contribution in [2.24, 2.45) is 0 Å². The van der Waals surface area contributed by atoms with Crippen LogP contribution in [-0.4, -0.2) is 33.4 Å². The molecule has 0 saturated heterocycles. The first-order valence-corrected chi connectivity index (χ1v) is 9.04. The van der Waals surface area contributed by atoms with Crippen LogP contribution in [0, 0.1) is 4.77 Å². The molecule has 0 atom stereocenters. The number of aryl methyl sites for hydroxylation is 1. The number of rotatable bonds is 5. The highest BCUT2D eigenvalue weighted by molar-refractivity contribution is 7.71. The van der Waals surface area contributed by atoms with Gasteiger partial charge in [0, 0.05) is 30.1 Å². The van der Waals surface area contributed by atoms with E-state index in [9.17, 15) is 0 Å². The van der Waals surface area contributed by atoms with E-state index in [-0.39, 0.29) is 0 Å². The second kappa shape index (κ2) is 7.68. The van der Waals surface area contributed by atoms with Crippen LogP contribution in [0.4, 0.5) is 0 Å². The van der Waals surface area contributed by atoms with Crippen molar-refractivity contribution in [3.8, 4) is 5.75 Å². The topological polar surface area (TPSA) is 35.2 Å². The molecule has 1 aromatic carbocycles. The summed E-state index contributed by atoms with van der Waals surface area (Å²) in [6, 6.07) is 5.68.